The molecule has 0 saturated carbocycles. The molecule has 0 fully saturated rings. The average molecular weight is 311 g/mol. The van der Waals surface area contributed by atoms with Crippen LogP contribution in [0.5, 0.6) is 0 Å². The Balaban J connectivity index is 1.94. The lowest BCUT2D eigenvalue weighted by atomic mass is 10.1. The van der Waals surface area contributed by atoms with Gasteiger partial charge in [-0.15, -0.1) is 0 Å². The highest BCUT2D eigenvalue weighted by molar-refractivity contribution is 5.96. The second-order valence-corrected chi connectivity index (χ2v) is 5.36. The van der Waals surface area contributed by atoms with Gasteiger partial charge >= 0.3 is 0 Å². The predicted octanol–water partition coefficient (Wildman–Crippen LogP) is 2.71. The summed E-state index contributed by atoms with van der Waals surface area (Å²) >= 11 is 0. The van der Waals surface area contributed by atoms with Crippen LogP contribution < -0.4 is 16.0 Å². The molecule has 5 heteroatoms. The third-order valence-electron chi connectivity index (χ3n) is 3.60. The SMILES string of the molecule is CNC(=O)c1cccc(NCC(=O)Nc2ccc(C)c(C)c2)c1. The van der Waals surface area contributed by atoms with E-state index in [1.165, 1.54) is 5.56 Å². The van der Waals surface area contributed by atoms with Gasteiger partial charge in [0, 0.05) is 24.0 Å². The van der Waals surface area contributed by atoms with E-state index in [0.29, 0.717) is 5.56 Å². The van der Waals surface area contributed by atoms with Gasteiger partial charge in [0.05, 0.1) is 6.54 Å². The maximum Gasteiger partial charge on any atom is 0.251 e. The Bertz CT molecular complexity index is 726. The molecule has 0 saturated heterocycles. The van der Waals surface area contributed by atoms with Crippen molar-refractivity contribution in [3.8, 4) is 0 Å². The normalized spacial score (nSPS) is 10.0. The van der Waals surface area contributed by atoms with Crippen LogP contribution in [0.1, 0.15) is 21.5 Å². The quantitative estimate of drug-likeness (QED) is 0.795. The molecule has 0 aliphatic heterocycles. The van der Waals surface area contributed by atoms with Gasteiger partial charge in [-0.3, -0.25) is 9.59 Å². The summed E-state index contributed by atoms with van der Waals surface area (Å²) in [5, 5.41) is 8.44. The van der Waals surface area contributed by atoms with Crippen molar-refractivity contribution in [1.82, 2.24) is 5.32 Å². The molecule has 0 aromatic heterocycles. The van der Waals surface area contributed by atoms with Gasteiger partial charge in [-0.05, 0) is 55.3 Å². The summed E-state index contributed by atoms with van der Waals surface area (Å²) in [7, 11) is 1.58. The van der Waals surface area contributed by atoms with E-state index in [0.717, 1.165) is 16.9 Å². The number of benzene rings is 2. The molecule has 5 nitrogen and oxygen atoms in total. The van der Waals surface area contributed by atoms with E-state index >= 15 is 0 Å². The van der Waals surface area contributed by atoms with Crippen molar-refractivity contribution in [3.05, 3.63) is 59.2 Å². The zero-order chi connectivity index (χ0) is 16.8. The Labute approximate surface area is 136 Å². The van der Waals surface area contributed by atoms with Gasteiger partial charge in [-0.1, -0.05) is 12.1 Å². The second kappa shape index (κ2) is 7.45. The van der Waals surface area contributed by atoms with E-state index in [4.69, 9.17) is 0 Å². The molecule has 0 radical (unpaired) electrons. The largest absolute Gasteiger partial charge is 0.376 e. The molecule has 23 heavy (non-hydrogen) atoms. The Morgan fingerprint density at radius 2 is 1.74 bits per heavy atom. The van der Waals surface area contributed by atoms with Gasteiger partial charge in [-0.25, -0.2) is 0 Å². The number of nitrogens with one attached hydrogen (secondary N) is 3. The monoisotopic (exact) mass is 311 g/mol. The van der Waals surface area contributed by atoms with Crippen LogP contribution in [0.3, 0.4) is 0 Å². The van der Waals surface area contributed by atoms with Crippen molar-refractivity contribution < 1.29 is 9.59 Å². The lowest BCUT2D eigenvalue weighted by Gasteiger charge is -2.10. The van der Waals surface area contributed by atoms with E-state index in [9.17, 15) is 9.59 Å². The first-order chi connectivity index (χ1) is 11.0. The third-order valence-corrected chi connectivity index (χ3v) is 3.60. The number of carbonyl (C=O) groups is 2. The summed E-state index contributed by atoms with van der Waals surface area (Å²) in [5.74, 6) is -0.299. The van der Waals surface area contributed by atoms with E-state index in [1.807, 2.05) is 38.1 Å². The third kappa shape index (κ3) is 4.57. The van der Waals surface area contributed by atoms with E-state index < -0.39 is 0 Å². The zero-order valence-corrected chi connectivity index (χ0v) is 13.6. The minimum atomic E-state index is -0.159. The standard InChI is InChI=1S/C18H21N3O2/c1-12-7-8-16(9-13(12)2)21-17(22)11-20-15-6-4-5-14(10-15)18(23)19-3/h4-10,20H,11H2,1-3H3,(H,19,23)(H,21,22). The first-order valence-corrected chi connectivity index (χ1v) is 7.42. The Morgan fingerprint density at radius 3 is 2.43 bits per heavy atom. The van der Waals surface area contributed by atoms with E-state index in [1.54, 1.807) is 25.2 Å². The number of amides is 2. The van der Waals surface area contributed by atoms with Crippen molar-refractivity contribution in [3.63, 3.8) is 0 Å². The molecule has 0 bridgehead atoms. The van der Waals surface area contributed by atoms with Gasteiger partial charge in [0.15, 0.2) is 0 Å². The molecule has 0 spiro atoms. The Morgan fingerprint density at radius 1 is 0.957 bits per heavy atom. The molecule has 2 amide bonds. The highest BCUT2D eigenvalue weighted by Gasteiger charge is 2.06. The van der Waals surface area contributed by atoms with E-state index in [2.05, 4.69) is 16.0 Å². The number of hydrogen-bond acceptors (Lipinski definition) is 3. The fourth-order valence-electron chi connectivity index (χ4n) is 2.12. The Hall–Kier alpha value is -2.82. The van der Waals surface area contributed by atoms with Crippen LogP contribution >= 0.6 is 0 Å². The molecule has 3 N–H and O–H groups in total. The highest BCUT2D eigenvalue weighted by Crippen LogP contribution is 2.14. The molecule has 0 aliphatic rings. The van der Waals surface area contributed by atoms with Crippen LogP contribution in [0, 0.1) is 13.8 Å². The summed E-state index contributed by atoms with van der Waals surface area (Å²) in [6.07, 6.45) is 0. The molecule has 2 rings (SSSR count). The predicted molar refractivity (Wildman–Crippen MR) is 92.9 cm³/mol. The summed E-state index contributed by atoms with van der Waals surface area (Å²) < 4.78 is 0. The van der Waals surface area contributed by atoms with Crippen molar-refractivity contribution in [2.24, 2.45) is 0 Å². The summed E-state index contributed by atoms with van der Waals surface area (Å²) in [5.41, 5.74) is 4.37. The molecule has 0 atom stereocenters. The number of carbonyl (C=O) groups excluding carboxylic acids is 2. The fraction of sp³-hybridized carbons (Fsp3) is 0.222. The summed E-state index contributed by atoms with van der Waals surface area (Å²) in [6.45, 7) is 4.17. The number of anilines is 2. The molecular formula is C18H21N3O2. The first-order valence-electron chi connectivity index (χ1n) is 7.42. The van der Waals surface area contributed by atoms with Crippen LogP contribution in [-0.4, -0.2) is 25.4 Å². The minimum Gasteiger partial charge on any atom is -0.376 e. The van der Waals surface area contributed by atoms with Gasteiger partial charge in [0.25, 0.3) is 5.91 Å². The maximum atomic E-state index is 12.0. The number of rotatable bonds is 5. The fourth-order valence-corrected chi connectivity index (χ4v) is 2.12. The van der Waals surface area contributed by atoms with Crippen LogP contribution in [0.2, 0.25) is 0 Å². The van der Waals surface area contributed by atoms with E-state index in [-0.39, 0.29) is 18.4 Å². The van der Waals surface area contributed by atoms with Gasteiger partial charge in [0.2, 0.25) is 5.91 Å². The molecule has 120 valence electrons. The number of aryl methyl sites for hydroxylation is 2. The lowest BCUT2D eigenvalue weighted by molar-refractivity contribution is -0.114. The van der Waals surface area contributed by atoms with Crippen LogP contribution in [0.15, 0.2) is 42.5 Å². The van der Waals surface area contributed by atoms with Crippen molar-refractivity contribution >= 4 is 23.2 Å². The molecule has 2 aromatic carbocycles. The lowest BCUT2D eigenvalue weighted by Crippen LogP contribution is -2.22. The second-order valence-electron chi connectivity index (χ2n) is 5.36. The molecule has 0 heterocycles. The van der Waals surface area contributed by atoms with Gasteiger partial charge in [0.1, 0.15) is 0 Å². The molecular weight excluding hydrogens is 290 g/mol. The van der Waals surface area contributed by atoms with Crippen molar-refractivity contribution in [2.45, 2.75) is 13.8 Å². The number of hydrogen-bond donors (Lipinski definition) is 3. The van der Waals surface area contributed by atoms with Crippen molar-refractivity contribution in [1.29, 1.82) is 0 Å². The summed E-state index contributed by atoms with van der Waals surface area (Å²) in [4.78, 5) is 23.6. The maximum absolute atomic E-state index is 12.0. The smallest absolute Gasteiger partial charge is 0.251 e. The topological polar surface area (TPSA) is 70.2 Å². The van der Waals surface area contributed by atoms with Crippen molar-refractivity contribution in [2.75, 3.05) is 24.2 Å². The average Bonchev–Trinajstić information content (AvgIpc) is 2.56. The Kier molecular flexibility index (Phi) is 5.36. The zero-order valence-electron chi connectivity index (χ0n) is 13.6. The minimum absolute atomic E-state index is 0.129. The van der Waals surface area contributed by atoms with Crippen LogP contribution in [-0.2, 0) is 4.79 Å². The van der Waals surface area contributed by atoms with Gasteiger partial charge < -0.3 is 16.0 Å². The summed E-state index contributed by atoms with van der Waals surface area (Å²) in [6, 6.07) is 12.8. The van der Waals surface area contributed by atoms with Crippen LogP contribution in [0.4, 0.5) is 11.4 Å². The van der Waals surface area contributed by atoms with Crippen LogP contribution in [0.25, 0.3) is 0 Å². The van der Waals surface area contributed by atoms with Gasteiger partial charge in [-0.2, -0.15) is 0 Å². The molecule has 0 unspecified atom stereocenters. The first kappa shape index (κ1) is 16.5. The molecule has 2 aromatic rings. The molecule has 0 aliphatic carbocycles. The highest BCUT2D eigenvalue weighted by atomic mass is 16.2.